The summed E-state index contributed by atoms with van der Waals surface area (Å²) < 4.78 is 33.8. The fraction of sp³-hybridized carbons (Fsp3) is 0.400. The molecule has 3 atom stereocenters. The second-order valence-electron chi connectivity index (χ2n) is 10.6. The van der Waals surface area contributed by atoms with E-state index in [9.17, 15) is 8.78 Å². The highest BCUT2D eigenvalue weighted by Gasteiger charge is 2.44. The monoisotopic (exact) mass is 476 g/mol. The fourth-order valence-corrected chi connectivity index (χ4v) is 6.05. The highest BCUT2D eigenvalue weighted by atomic mass is 19.1. The Morgan fingerprint density at radius 3 is 2.51 bits per heavy atom. The number of hydrogen-bond donors (Lipinski definition) is 1. The van der Waals surface area contributed by atoms with Crippen molar-refractivity contribution in [3.63, 3.8) is 0 Å². The van der Waals surface area contributed by atoms with Gasteiger partial charge in [0, 0.05) is 23.8 Å². The summed E-state index contributed by atoms with van der Waals surface area (Å²) in [6, 6.07) is 17.3. The molecule has 0 spiro atoms. The van der Waals surface area contributed by atoms with Crippen LogP contribution in [-0.2, 0) is 23.2 Å². The molecule has 1 fully saturated rings. The molecule has 2 N–H and O–H groups in total. The lowest BCUT2D eigenvalue weighted by Crippen LogP contribution is -2.54. The smallest absolute Gasteiger partial charge is 0.131 e. The highest BCUT2D eigenvalue weighted by Crippen LogP contribution is 2.50. The Morgan fingerprint density at radius 2 is 1.80 bits per heavy atom. The SMILES string of the molecule is Cc1ccc(-c2ccc(N)c3c2C2(C)CCN(CC(C)OCc4c(F)cccc4F)C(C3)C2)cc1. The van der Waals surface area contributed by atoms with E-state index in [2.05, 4.69) is 55.1 Å². The van der Waals surface area contributed by atoms with Gasteiger partial charge in [0.05, 0.1) is 12.7 Å². The number of anilines is 1. The predicted octanol–water partition coefficient (Wildman–Crippen LogP) is 6.41. The molecule has 3 aromatic rings. The number of halogens is 2. The van der Waals surface area contributed by atoms with Crippen LogP contribution in [-0.4, -0.2) is 30.1 Å². The molecule has 3 nitrogen and oxygen atoms in total. The Hall–Kier alpha value is -2.76. The summed E-state index contributed by atoms with van der Waals surface area (Å²) >= 11 is 0. The van der Waals surface area contributed by atoms with Crippen LogP contribution < -0.4 is 5.73 Å². The summed E-state index contributed by atoms with van der Waals surface area (Å²) in [7, 11) is 0. The van der Waals surface area contributed by atoms with Crippen LogP contribution in [0.2, 0.25) is 0 Å². The molecule has 3 unspecified atom stereocenters. The summed E-state index contributed by atoms with van der Waals surface area (Å²) in [5, 5.41) is 0. The predicted molar refractivity (Wildman–Crippen MR) is 137 cm³/mol. The number of ether oxygens (including phenoxy) is 1. The third-order valence-corrected chi connectivity index (χ3v) is 7.97. The lowest BCUT2D eigenvalue weighted by atomic mass is 9.63. The Kier molecular flexibility index (Phi) is 6.41. The summed E-state index contributed by atoms with van der Waals surface area (Å²) in [6.45, 7) is 8.10. The van der Waals surface area contributed by atoms with E-state index in [1.54, 1.807) is 0 Å². The van der Waals surface area contributed by atoms with Crippen LogP contribution in [0.3, 0.4) is 0 Å². The molecular formula is C30H34F2N2O. The van der Waals surface area contributed by atoms with Gasteiger partial charge >= 0.3 is 0 Å². The lowest BCUT2D eigenvalue weighted by molar-refractivity contribution is -0.00507. The van der Waals surface area contributed by atoms with E-state index in [0.717, 1.165) is 38.0 Å². The van der Waals surface area contributed by atoms with E-state index in [0.29, 0.717) is 6.04 Å². The molecule has 5 rings (SSSR count). The normalized spacial score (nSPS) is 22.6. The van der Waals surface area contributed by atoms with Gasteiger partial charge in [-0.1, -0.05) is 48.9 Å². The minimum absolute atomic E-state index is 0.00595. The first kappa shape index (κ1) is 24.0. The molecule has 1 heterocycles. The molecule has 184 valence electrons. The van der Waals surface area contributed by atoms with Crippen molar-refractivity contribution in [3.8, 4) is 11.1 Å². The van der Waals surface area contributed by atoms with Crippen LogP contribution in [0.5, 0.6) is 0 Å². The molecule has 0 aromatic heterocycles. The molecule has 1 saturated heterocycles. The Labute approximate surface area is 206 Å². The van der Waals surface area contributed by atoms with Crippen molar-refractivity contribution in [1.82, 2.24) is 4.90 Å². The van der Waals surface area contributed by atoms with Crippen molar-refractivity contribution >= 4 is 5.69 Å². The number of benzene rings is 3. The summed E-state index contributed by atoms with van der Waals surface area (Å²) in [6.07, 6.45) is 2.87. The fourth-order valence-electron chi connectivity index (χ4n) is 6.05. The second kappa shape index (κ2) is 9.36. The standard InChI is InChI=1S/C30H34F2N2O/c1-19-7-9-21(10-8-19)23-11-12-28(33)24-15-22-16-30(3,29(23)24)13-14-34(22)17-20(2)35-18-25-26(31)5-4-6-27(25)32/h4-12,20,22H,13-18,33H2,1-3H3. The molecule has 2 aliphatic rings. The zero-order valence-electron chi connectivity index (χ0n) is 20.8. The molecule has 1 aliphatic carbocycles. The van der Waals surface area contributed by atoms with Crippen molar-refractivity contribution in [1.29, 1.82) is 0 Å². The number of likely N-dealkylation sites (tertiary alicyclic amines) is 1. The minimum Gasteiger partial charge on any atom is -0.398 e. The van der Waals surface area contributed by atoms with Crippen molar-refractivity contribution in [2.75, 3.05) is 18.8 Å². The molecule has 0 saturated carbocycles. The maximum Gasteiger partial charge on any atom is 0.131 e. The van der Waals surface area contributed by atoms with Gasteiger partial charge in [-0.3, -0.25) is 4.90 Å². The van der Waals surface area contributed by atoms with Gasteiger partial charge in [-0.25, -0.2) is 8.78 Å². The van der Waals surface area contributed by atoms with E-state index in [-0.39, 0.29) is 23.7 Å². The van der Waals surface area contributed by atoms with Crippen molar-refractivity contribution in [2.45, 2.75) is 64.2 Å². The average molecular weight is 477 g/mol. The summed E-state index contributed by atoms with van der Waals surface area (Å²) in [4.78, 5) is 2.48. The van der Waals surface area contributed by atoms with Gasteiger partial charge in [0.25, 0.3) is 0 Å². The van der Waals surface area contributed by atoms with E-state index >= 15 is 0 Å². The van der Waals surface area contributed by atoms with Crippen LogP contribution in [0.15, 0.2) is 54.6 Å². The molecule has 5 heteroatoms. The number of aryl methyl sites for hydroxylation is 1. The summed E-state index contributed by atoms with van der Waals surface area (Å²) in [5.74, 6) is -1.12. The van der Waals surface area contributed by atoms with Crippen LogP contribution in [0, 0.1) is 18.6 Å². The number of nitrogen functional groups attached to an aromatic ring is 1. The van der Waals surface area contributed by atoms with E-state index in [4.69, 9.17) is 10.5 Å². The summed E-state index contributed by atoms with van der Waals surface area (Å²) in [5.41, 5.74) is 14.0. The third kappa shape index (κ3) is 4.60. The van der Waals surface area contributed by atoms with Gasteiger partial charge in [0.1, 0.15) is 11.6 Å². The Morgan fingerprint density at radius 1 is 1.09 bits per heavy atom. The van der Waals surface area contributed by atoms with Gasteiger partial charge in [-0.15, -0.1) is 0 Å². The van der Waals surface area contributed by atoms with Crippen LogP contribution in [0.1, 0.15) is 48.9 Å². The van der Waals surface area contributed by atoms with E-state index in [1.165, 1.54) is 46.0 Å². The number of hydrogen-bond acceptors (Lipinski definition) is 3. The number of nitrogens with two attached hydrogens (primary N) is 1. The quantitative estimate of drug-likeness (QED) is 0.418. The number of rotatable bonds is 6. The largest absolute Gasteiger partial charge is 0.398 e. The Balaban J connectivity index is 1.35. The number of fused-ring (bicyclic) bond motifs is 4. The highest BCUT2D eigenvalue weighted by molar-refractivity contribution is 5.75. The zero-order valence-corrected chi connectivity index (χ0v) is 20.8. The van der Waals surface area contributed by atoms with Crippen molar-refractivity contribution < 1.29 is 13.5 Å². The Bertz CT molecular complexity index is 1210. The molecule has 2 bridgehead atoms. The third-order valence-electron chi connectivity index (χ3n) is 7.97. The first-order valence-electron chi connectivity index (χ1n) is 12.5. The van der Waals surface area contributed by atoms with Crippen LogP contribution in [0.4, 0.5) is 14.5 Å². The maximum atomic E-state index is 14.0. The molecule has 1 aliphatic heterocycles. The maximum absolute atomic E-state index is 14.0. The van der Waals surface area contributed by atoms with Crippen molar-refractivity contribution in [2.24, 2.45) is 0 Å². The van der Waals surface area contributed by atoms with Crippen LogP contribution in [0.25, 0.3) is 11.1 Å². The minimum atomic E-state index is -0.560. The first-order chi connectivity index (χ1) is 16.7. The van der Waals surface area contributed by atoms with Gasteiger partial charge < -0.3 is 10.5 Å². The van der Waals surface area contributed by atoms with Gasteiger partial charge in [-0.05, 0) is 85.5 Å². The molecule has 0 radical (unpaired) electrons. The van der Waals surface area contributed by atoms with Crippen LogP contribution >= 0.6 is 0 Å². The number of piperidine rings is 1. The molecular weight excluding hydrogens is 442 g/mol. The van der Waals surface area contributed by atoms with Crippen molar-refractivity contribution in [3.05, 3.63) is 88.5 Å². The zero-order chi connectivity index (χ0) is 24.7. The van der Waals surface area contributed by atoms with Gasteiger partial charge in [0.15, 0.2) is 0 Å². The molecule has 35 heavy (non-hydrogen) atoms. The van der Waals surface area contributed by atoms with Gasteiger partial charge in [-0.2, -0.15) is 0 Å². The average Bonchev–Trinajstić information content (AvgIpc) is 2.82. The van der Waals surface area contributed by atoms with E-state index < -0.39 is 11.6 Å². The van der Waals surface area contributed by atoms with Gasteiger partial charge in [0.2, 0.25) is 0 Å². The van der Waals surface area contributed by atoms with E-state index in [1.807, 2.05) is 6.92 Å². The molecule has 3 aromatic carbocycles. The topological polar surface area (TPSA) is 38.5 Å². The number of nitrogens with zero attached hydrogens (tertiary/aromatic N) is 1. The first-order valence-corrected chi connectivity index (χ1v) is 12.5. The second-order valence-corrected chi connectivity index (χ2v) is 10.6. The molecule has 0 amide bonds. The lowest BCUT2D eigenvalue weighted by Gasteiger charge is -2.51.